The maximum absolute atomic E-state index is 12.4. The molecule has 0 aliphatic carbocycles. The van der Waals surface area contributed by atoms with Gasteiger partial charge in [-0.05, 0) is 23.8 Å². The zero-order valence-corrected chi connectivity index (χ0v) is 14.9. The minimum atomic E-state index is -0.499. The summed E-state index contributed by atoms with van der Waals surface area (Å²) in [5, 5.41) is 0. The number of para-hydroxylation sites is 1. The molecule has 0 spiro atoms. The van der Waals surface area contributed by atoms with Crippen LogP contribution in [0, 0.1) is 0 Å². The topological polar surface area (TPSA) is 51.5 Å². The van der Waals surface area contributed by atoms with Gasteiger partial charge in [-0.1, -0.05) is 32.0 Å². The van der Waals surface area contributed by atoms with Crippen molar-refractivity contribution in [1.82, 2.24) is 4.57 Å². The van der Waals surface area contributed by atoms with E-state index in [1.54, 1.807) is 36.0 Å². The fraction of sp³-hybridized carbons (Fsp3) is 0.300. The van der Waals surface area contributed by atoms with Crippen LogP contribution in [0.4, 0.5) is 5.69 Å². The number of ketones is 1. The molecule has 0 N–H and O–H groups in total. The van der Waals surface area contributed by atoms with E-state index in [1.807, 2.05) is 30.1 Å². The SMILES string of the molecule is CN1/C(=C/C(=O)COC(=O)c2cccn2C)C(C)(C)c2ccccc21. The first-order chi connectivity index (χ1) is 11.8. The van der Waals surface area contributed by atoms with E-state index in [1.165, 1.54) is 5.56 Å². The van der Waals surface area contributed by atoms with Crippen LogP contribution < -0.4 is 4.90 Å². The third-order valence-electron chi connectivity index (χ3n) is 4.74. The first kappa shape index (κ1) is 17.0. The van der Waals surface area contributed by atoms with Crippen LogP contribution in [0.5, 0.6) is 0 Å². The first-order valence-corrected chi connectivity index (χ1v) is 8.19. The van der Waals surface area contributed by atoms with Crippen molar-refractivity contribution in [1.29, 1.82) is 0 Å². The molecule has 1 aromatic heterocycles. The molecule has 0 radical (unpaired) electrons. The molecule has 1 aliphatic heterocycles. The number of benzene rings is 1. The van der Waals surface area contributed by atoms with Gasteiger partial charge < -0.3 is 14.2 Å². The summed E-state index contributed by atoms with van der Waals surface area (Å²) in [5.41, 5.74) is 3.31. The lowest BCUT2D eigenvalue weighted by molar-refractivity contribution is -0.117. The van der Waals surface area contributed by atoms with E-state index in [-0.39, 0.29) is 17.8 Å². The van der Waals surface area contributed by atoms with Crippen molar-refractivity contribution in [2.75, 3.05) is 18.6 Å². The molecule has 2 heterocycles. The molecule has 3 rings (SSSR count). The summed E-state index contributed by atoms with van der Waals surface area (Å²) in [6.45, 7) is 3.91. The van der Waals surface area contributed by atoms with Crippen molar-refractivity contribution in [3.8, 4) is 0 Å². The van der Waals surface area contributed by atoms with Gasteiger partial charge in [0.2, 0.25) is 0 Å². The molecular weight excluding hydrogens is 316 g/mol. The Morgan fingerprint density at radius 1 is 1.12 bits per heavy atom. The van der Waals surface area contributed by atoms with Crippen molar-refractivity contribution in [3.05, 3.63) is 65.6 Å². The zero-order chi connectivity index (χ0) is 18.2. The summed E-state index contributed by atoms with van der Waals surface area (Å²) in [4.78, 5) is 26.4. The number of aryl methyl sites for hydroxylation is 1. The summed E-state index contributed by atoms with van der Waals surface area (Å²) in [6, 6.07) is 11.5. The van der Waals surface area contributed by atoms with Crippen molar-refractivity contribution >= 4 is 17.4 Å². The highest BCUT2D eigenvalue weighted by molar-refractivity contribution is 5.96. The lowest BCUT2D eigenvalue weighted by Crippen LogP contribution is -2.25. The van der Waals surface area contributed by atoms with E-state index in [0.717, 1.165) is 11.4 Å². The third kappa shape index (κ3) is 2.97. The van der Waals surface area contributed by atoms with Gasteiger partial charge in [-0.2, -0.15) is 0 Å². The summed E-state index contributed by atoms with van der Waals surface area (Å²) >= 11 is 0. The number of nitrogens with zero attached hydrogens (tertiary/aromatic N) is 2. The maximum Gasteiger partial charge on any atom is 0.355 e. The Hall–Kier alpha value is -2.82. The Morgan fingerprint density at radius 3 is 2.48 bits per heavy atom. The molecule has 5 heteroatoms. The molecule has 5 nitrogen and oxygen atoms in total. The van der Waals surface area contributed by atoms with Crippen molar-refractivity contribution in [2.45, 2.75) is 19.3 Å². The molecule has 0 fully saturated rings. The van der Waals surface area contributed by atoms with Crippen LogP contribution in [0.1, 0.15) is 29.9 Å². The van der Waals surface area contributed by atoms with Crippen LogP contribution in [-0.4, -0.2) is 30.0 Å². The number of likely N-dealkylation sites (N-methyl/N-ethyl adjacent to an activating group) is 1. The summed E-state index contributed by atoms with van der Waals surface area (Å²) < 4.78 is 6.81. The number of aromatic nitrogens is 1. The van der Waals surface area contributed by atoms with Gasteiger partial charge in [-0.25, -0.2) is 4.79 Å². The average molecular weight is 338 g/mol. The Kier molecular flexibility index (Phi) is 4.25. The molecule has 1 aliphatic rings. The molecular formula is C20H22N2O3. The number of esters is 1. The lowest BCUT2D eigenvalue weighted by atomic mass is 9.83. The molecule has 0 saturated carbocycles. The van der Waals surface area contributed by atoms with Crippen LogP contribution in [0.15, 0.2) is 54.4 Å². The summed E-state index contributed by atoms with van der Waals surface area (Å²) in [6.07, 6.45) is 3.34. The molecule has 0 atom stereocenters. The second-order valence-corrected chi connectivity index (χ2v) is 6.78. The largest absolute Gasteiger partial charge is 0.453 e. The van der Waals surface area contributed by atoms with E-state index in [0.29, 0.717) is 5.69 Å². The number of hydrogen-bond acceptors (Lipinski definition) is 4. The summed E-state index contributed by atoms with van der Waals surface area (Å²) in [7, 11) is 3.70. The Bertz CT molecular complexity index is 861. The number of rotatable bonds is 4. The standard InChI is InChI=1S/C20H22N2O3/c1-20(2)15-8-5-6-9-16(15)22(4)18(20)12-14(23)13-25-19(24)17-10-7-11-21(17)3/h5-12H,13H2,1-4H3/b18-12+. The van der Waals surface area contributed by atoms with Crippen LogP contribution in [-0.2, 0) is 22.0 Å². The predicted molar refractivity (Wildman–Crippen MR) is 96.7 cm³/mol. The molecule has 0 unspecified atom stereocenters. The molecule has 2 aromatic rings. The molecule has 25 heavy (non-hydrogen) atoms. The highest BCUT2D eigenvalue weighted by Crippen LogP contribution is 2.46. The monoisotopic (exact) mass is 338 g/mol. The second-order valence-electron chi connectivity index (χ2n) is 6.78. The maximum atomic E-state index is 12.4. The van der Waals surface area contributed by atoms with E-state index in [9.17, 15) is 9.59 Å². The second kappa shape index (κ2) is 6.24. The third-order valence-corrected chi connectivity index (χ3v) is 4.74. The lowest BCUT2D eigenvalue weighted by Gasteiger charge is -2.23. The molecule has 0 amide bonds. The number of hydrogen-bond donors (Lipinski definition) is 0. The predicted octanol–water partition coefficient (Wildman–Crippen LogP) is 3.06. The normalized spacial score (nSPS) is 16.8. The van der Waals surface area contributed by atoms with Gasteiger partial charge in [-0.3, -0.25) is 4.79 Å². The van der Waals surface area contributed by atoms with Gasteiger partial charge in [-0.15, -0.1) is 0 Å². The van der Waals surface area contributed by atoms with Gasteiger partial charge >= 0.3 is 5.97 Å². The smallest absolute Gasteiger partial charge is 0.355 e. The van der Waals surface area contributed by atoms with Crippen LogP contribution in [0.2, 0.25) is 0 Å². The number of ether oxygens (including phenoxy) is 1. The van der Waals surface area contributed by atoms with E-state index in [2.05, 4.69) is 19.9 Å². The molecule has 0 saturated heterocycles. The van der Waals surface area contributed by atoms with Crippen molar-refractivity contribution in [3.63, 3.8) is 0 Å². The van der Waals surface area contributed by atoms with Crippen LogP contribution in [0.25, 0.3) is 0 Å². The number of allylic oxidation sites excluding steroid dienone is 1. The van der Waals surface area contributed by atoms with E-state index < -0.39 is 5.97 Å². The van der Waals surface area contributed by atoms with Gasteiger partial charge in [0.15, 0.2) is 12.4 Å². The molecule has 1 aromatic carbocycles. The van der Waals surface area contributed by atoms with Crippen molar-refractivity contribution in [2.24, 2.45) is 7.05 Å². The Balaban J connectivity index is 1.74. The zero-order valence-electron chi connectivity index (χ0n) is 14.9. The van der Waals surface area contributed by atoms with Crippen molar-refractivity contribution < 1.29 is 14.3 Å². The number of fused-ring (bicyclic) bond motifs is 1. The first-order valence-electron chi connectivity index (χ1n) is 8.19. The Labute approximate surface area is 147 Å². The van der Waals surface area contributed by atoms with Crippen LogP contribution >= 0.6 is 0 Å². The Morgan fingerprint density at radius 2 is 1.84 bits per heavy atom. The van der Waals surface area contributed by atoms with Gasteiger partial charge in [0.05, 0.1) is 0 Å². The molecule has 0 bridgehead atoms. The van der Waals surface area contributed by atoms with E-state index >= 15 is 0 Å². The number of anilines is 1. The number of carbonyl (C=O) groups is 2. The quantitative estimate of drug-likeness (QED) is 0.635. The highest BCUT2D eigenvalue weighted by atomic mass is 16.5. The number of carbonyl (C=O) groups excluding carboxylic acids is 2. The summed E-state index contributed by atoms with van der Waals surface area (Å²) in [5.74, 6) is -0.730. The molecule has 130 valence electrons. The van der Waals surface area contributed by atoms with Gasteiger partial charge in [0.25, 0.3) is 0 Å². The minimum Gasteiger partial charge on any atom is -0.453 e. The van der Waals surface area contributed by atoms with E-state index in [4.69, 9.17) is 4.74 Å². The van der Waals surface area contributed by atoms with Gasteiger partial charge in [0, 0.05) is 43.2 Å². The highest BCUT2D eigenvalue weighted by Gasteiger charge is 2.38. The minimum absolute atomic E-state index is 0.231. The fourth-order valence-electron chi connectivity index (χ4n) is 3.34. The average Bonchev–Trinajstić information content (AvgIpc) is 3.09. The van der Waals surface area contributed by atoms with Gasteiger partial charge in [0.1, 0.15) is 5.69 Å². The fourth-order valence-corrected chi connectivity index (χ4v) is 3.34. The van der Waals surface area contributed by atoms with Crippen LogP contribution in [0.3, 0.4) is 0 Å².